The predicted molar refractivity (Wildman–Crippen MR) is 84.8 cm³/mol. The molecule has 2 aromatic heterocycles. The zero-order valence-electron chi connectivity index (χ0n) is 11.7. The normalized spacial score (nSPS) is 10.5. The summed E-state index contributed by atoms with van der Waals surface area (Å²) in [5, 5.41) is 5.45. The first-order valence-corrected chi connectivity index (χ1v) is 6.77. The Bertz CT molecular complexity index is 768. The molecule has 106 valence electrons. The minimum atomic E-state index is 0.445. The number of benzene rings is 1. The van der Waals surface area contributed by atoms with Crippen LogP contribution in [0.2, 0.25) is 0 Å². The molecule has 0 radical (unpaired) electrons. The third kappa shape index (κ3) is 2.72. The van der Waals surface area contributed by atoms with E-state index in [4.69, 9.17) is 10.5 Å². The lowest BCUT2D eigenvalue weighted by Crippen LogP contribution is -2.02. The van der Waals surface area contributed by atoms with Crippen LogP contribution in [0.1, 0.15) is 6.92 Å². The van der Waals surface area contributed by atoms with Crippen LogP contribution >= 0.6 is 0 Å². The molecule has 0 saturated heterocycles. The number of hydrogen-bond acceptors (Lipinski definition) is 5. The Kier molecular flexibility index (Phi) is 3.55. The van der Waals surface area contributed by atoms with Crippen LogP contribution in [0, 0.1) is 0 Å². The second-order valence-corrected chi connectivity index (χ2v) is 4.55. The zero-order chi connectivity index (χ0) is 14.7. The molecule has 0 unspecified atom stereocenters. The number of hydrogen-bond donors (Lipinski definition) is 2. The summed E-state index contributed by atoms with van der Waals surface area (Å²) in [7, 11) is 0. The monoisotopic (exact) mass is 280 g/mol. The molecule has 5 heteroatoms. The van der Waals surface area contributed by atoms with Crippen LogP contribution in [0.25, 0.3) is 10.8 Å². The number of nitrogen functional groups attached to an aromatic ring is 1. The Morgan fingerprint density at radius 2 is 2.10 bits per heavy atom. The van der Waals surface area contributed by atoms with E-state index in [-0.39, 0.29) is 0 Å². The predicted octanol–water partition coefficient (Wildman–Crippen LogP) is 3.35. The summed E-state index contributed by atoms with van der Waals surface area (Å²) in [5.41, 5.74) is 7.31. The first kappa shape index (κ1) is 13.2. The van der Waals surface area contributed by atoms with Crippen LogP contribution in [-0.4, -0.2) is 16.6 Å². The molecule has 1 aromatic carbocycles. The van der Waals surface area contributed by atoms with Crippen molar-refractivity contribution in [1.82, 2.24) is 9.97 Å². The largest absolute Gasteiger partial charge is 0.476 e. The molecule has 3 aromatic rings. The fourth-order valence-corrected chi connectivity index (χ4v) is 2.13. The topological polar surface area (TPSA) is 73.1 Å². The van der Waals surface area contributed by atoms with Gasteiger partial charge in [-0.05, 0) is 36.6 Å². The van der Waals surface area contributed by atoms with Gasteiger partial charge in [-0.25, -0.2) is 0 Å². The summed E-state index contributed by atoms with van der Waals surface area (Å²) >= 11 is 0. The molecule has 0 amide bonds. The van der Waals surface area contributed by atoms with Crippen molar-refractivity contribution in [3.05, 3.63) is 48.8 Å². The van der Waals surface area contributed by atoms with Crippen molar-refractivity contribution in [2.24, 2.45) is 0 Å². The molecule has 0 aliphatic rings. The number of pyridine rings is 2. The number of rotatable bonds is 4. The average molecular weight is 280 g/mol. The number of nitrogens with one attached hydrogen (secondary N) is 1. The molecule has 0 bridgehead atoms. The first-order chi connectivity index (χ1) is 10.3. The maximum Gasteiger partial charge on any atom is 0.239 e. The molecule has 5 nitrogen and oxygen atoms in total. The van der Waals surface area contributed by atoms with Crippen molar-refractivity contribution in [2.45, 2.75) is 6.92 Å². The van der Waals surface area contributed by atoms with Gasteiger partial charge >= 0.3 is 0 Å². The molecule has 0 aliphatic heterocycles. The second-order valence-electron chi connectivity index (χ2n) is 4.55. The van der Waals surface area contributed by atoms with Gasteiger partial charge in [0.2, 0.25) is 5.88 Å². The van der Waals surface area contributed by atoms with Crippen molar-refractivity contribution >= 4 is 28.0 Å². The minimum absolute atomic E-state index is 0.445. The van der Waals surface area contributed by atoms with E-state index in [9.17, 15) is 0 Å². The van der Waals surface area contributed by atoms with E-state index in [1.54, 1.807) is 12.3 Å². The molecular formula is C16H16N4O. The number of fused-ring (bicyclic) bond motifs is 1. The lowest BCUT2D eigenvalue weighted by molar-refractivity contribution is 0.329. The molecule has 3 N–H and O–H groups in total. The summed E-state index contributed by atoms with van der Waals surface area (Å²) in [4.78, 5) is 8.56. The smallest absolute Gasteiger partial charge is 0.239 e. The van der Waals surface area contributed by atoms with Crippen LogP contribution < -0.4 is 15.8 Å². The Morgan fingerprint density at radius 3 is 2.95 bits per heavy atom. The van der Waals surface area contributed by atoms with Gasteiger partial charge in [-0.15, -0.1) is 0 Å². The van der Waals surface area contributed by atoms with Crippen molar-refractivity contribution in [3.8, 4) is 5.88 Å². The number of anilines is 3. The minimum Gasteiger partial charge on any atom is -0.476 e. The molecule has 2 heterocycles. The number of nitrogens with two attached hydrogens (primary N) is 1. The van der Waals surface area contributed by atoms with Crippen LogP contribution in [-0.2, 0) is 0 Å². The van der Waals surface area contributed by atoms with E-state index in [1.165, 1.54) is 0 Å². The van der Waals surface area contributed by atoms with Crippen LogP contribution in [0.4, 0.5) is 17.2 Å². The highest BCUT2D eigenvalue weighted by molar-refractivity contribution is 5.94. The van der Waals surface area contributed by atoms with Gasteiger partial charge in [-0.1, -0.05) is 12.1 Å². The summed E-state index contributed by atoms with van der Waals surface area (Å²) in [6, 6.07) is 11.6. The summed E-state index contributed by atoms with van der Waals surface area (Å²) < 4.78 is 5.41. The van der Waals surface area contributed by atoms with E-state index in [1.807, 2.05) is 43.5 Å². The van der Waals surface area contributed by atoms with Gasteiger partial charge in [-0.3, -0.25) is 4.98 Å². The molecule has 0 spiro atoms. The molecule has 0 fully saturated rings. The third-order valence-electron chi connectivity index (χ3n) is 3.12. The molecule has 0 aliphatic carbocycles. The maximum absolute atomic E-state index is 5.83. The average Bonchev–Trinajstić information content (AvgIpc) is 2.51. The second kappa shape index (κ2) is 5.66. The van der Waals surface area contributed by atoms with Crippen molar-refractivity contribution in [1.29, 1.82) is 0 Å². The third-order valence-corrected chi connectivity index (χ3v) is 3.12. The van der Waals surface area contributed by atoms with Crippen molar-refractivity contribution in [3.63, 3.8) is 0 Å². The maximum atomic E-state index is 5.83. The van der Waals surface area contributed by atoms with Gasteiger partial charge in [0, 0.05) is 23.5 Å². The van der Waals surface area contributed by atoms with Crippen LogP contribution in [0.5, 0.6) is 5.88 Å². The Hall–Kier alpha value is -2.82. The SMILES string of the molecule is CCOc1nc(Nc2cccc3ccncc23)ccc1N. The summed E-state index contributed by atoms with van der Waals surface area (Å²) in [6.45, 7) is 2.43. The highest BCUT2D eigenvalue weighted by Gasteiger charge is 2.06. The lowest BCUT2D eigenvalue weighted by Gasteiger charge is -2.11. The molecule has 3 rings (SSSR count). The van der Waals surface area contributed by atoms with Crippen LogP contribution in [0.15, 0.2) is 48.8 Å². The fourth-order valence-electron chi connectivity index (χ4n) is 2.13. The van der Waals surface area contributed by atoms with E-state index in [0.29, 0.717) is 24.0 Å². The van der Waals surface area contributed by atoms with Gasteiger partial charge < -0.3 is 15.8 Å². The number of nitrogens with zero attached hydrogens (tertiary/aromatic N) is 2. The lowest BCUT2D eigenvalue weighted by atomic mass is 10.1. The highest BCUT2D eigenvalue weighted by atomic mass is 16.5. The van der Waals surface area contributed by atoms with Gasteiger partial charge in [0.05, 0.1) is 12.3 Å². The zero-order valence-corrected chi connectivity index (χ0v) is 11.7. The Balaban J connectivity index is 1.97. The Labute approximate surface area is 122 Å². The van der Waals surface area contributed by atoms with E-state index in [2.05, 4.69) is 15.3 Å². The summed E-state index contributed by atoms with van der Waals surface area (Å²) in [5.74, 6) is 1.13. The van der Waals surface area contributed by atoms with Crippen molar-refractivity contribution < 1.29 is 4.74 Å². The number of ether oxygens (including phenoxy) is 1. The van der Waals surface area contributed by atoms with Gasteiger partial charge in [0.25, 0.3) is 0 Å². The van der Waals surface area contributed by atoms with Crippen molar-refractivity contribution in [2.75, 3.05) is 17.7 Å². The van der Waals surface area contributed by atoms with Gasteiger partial charge in [0.1, 0.15) is 5.82 Å². The van der Waals surface area contributed by atoms with E-state index < -0.39 is 0 Å². The summed E-state index contributed by atoms with van der Waals surface area (Å²) in [6.07, 6.45) is 3.61. The molecule has 0 atom stereocenters. The van der Waals surface area contributed by atoms with E-state index in [0.717, 1.165) is 16.5 Å². The van der Waals surface area contributed by atoms with Gasteiger partial charge in [0.15, 0.2) is 0 Å². The van der Waals surface area contributed by atoms with E-state index >= 15 is 0 Å². The van der Waals surface area contributed by atoms with Gasteiger partial charge in [-0.2, -0.15) is 4.98 Å². The highest BCUT2D eigenvalue weighted by Crippen LogP contribution is 2.27. The molecular weight excluding hydrogens is 264 g/mol. The number of aromatic nitrogens is 2. The Morgan fingerprint density at radius 1 is 1.19 bits per heavy atom. The quantitative estimate of drug-likeness (QED) is 0.766. The molecule has 0 saturated carbocycles. The first-order valence-electron chi connectivity index (χ1n) is 6.77. The molecule has 21 heavy (non-hydrogen) atoms. The fraction of sp³-hybridized carbons (Fsp3) is 0.125. The standard InChI is InChI=1S/C16H16N4O/c1-2-21-16-13(17)6-7-15(20-16)19-14-5-3-4-11-8-9-18-10-12(11)14/h3-10H,2,17H2,1H3,(H,19,20). The van der Waals surface area contributed by atoms with Crippen LogP contribution in [0.3, 0.4) is 0 Å².